The standard InChI is InChI=1S/C14H20BrNO3/c1-4-14(10-18-3,13(17)19-5-2)16-12-8-6-11(15)7-9-12/h6-9,16H,4-5,10H2,1-3H3. The fourth-order valence-electron chi connectivity index (χ4n) is 1.81. The van der Waals surface area contributed by atoms with Gasteiger partial charge in [-0.25, -0.2) is 4.79 Å². The van der Waals surface area contributed by atoms with Crippen molar-refractivity contribution in [3.63, 3.8) is 0 Å². The van der Waals surface area contributed by atoms with E-state index in [-0.39, 0.29) is 12.6 Å². The number of carbonyl (C=O) groups excluding carboxylic acids is 1. The van der Waals surface area contributed by atoms with Crippen molar-refractivity contribution in [3.05, 3.63) is 28.7 Å². The summed E-state index contributed by atoms with van der Waals surface area (Å²) in [6.45, 7) is 4.34. The molecule has 0 heterocycles. The zero-order valence-corrected chi connectivity index (χ0v) is 13.1. The highest BCUT2D eigenvalue weighted by Gasteiger charge is 2.38. The van der Waals surface area contributed by atoms with Crippen LogP contribution in [0, 0.1) is 0 Å². The first-order valence-electron chi connectivity index (χ1n) is 6.28. The molecule has 1 rings (SSSR count). The fourth-order valence-corrected chi connectivity index (χ4v) is 2.07. The molecule has 1 N–H and O–H groups in total. The Bertz CT molecular complexity index is 408. The zero-order chi connectivity index (χ0) is 14.3. The van der Waals surface area contributed by atoms with Gasteiger partial charge in [0.05, 0.1) is 13.2 Å². The second kappa shape index (κ2) is 7.50. The van der Waals surface area contributed by atoms with Crippen molar-refractivity contribution in [2.45, 2.75) is 25.8 Å². The SMILES string of the molecule is CCOC(=O)C(CC)(COC)Nc1ccc(Br)cc1. The van der Waals surface area contributed by atoms with E-state index in [0.29, 0.717) is 13.0 Å². The van der Waals surface area contributed by atoms with Gasteiger partial charge in [-0.3, -0.25) is 0 Å². The van der Waals surface area contributed by atoms with Gasteiger partial charge in [0.1, 0.15) is 0 Å². The summed E-state index contributed by atoms with van der Waals surface area (Å²) < 4.78 is 11.3. The minimum Gasteiger partial charge on any atom is -0.464 e. The molecule has 106 valence electrons. The van der Waals surface area contributed by atoms with Gasteiger partial charge in [0.15, 0.2) is 5.54 Å². The maximum Gasteiger partial charge on any atom is 0.334 e. The Hall–Kier alpha value is -1.07. The number of esters is 1. The van der Waals surface area contributed by atoms with Gasteiger partial charge in [-0.15, -0.1) is 0 Å². The summed E-state index contributed by atoms with van der Waals surface area (Å²) in [5, 5.41) is 3.23. The molecule has 0 bridgehead atoms. The average molecular weight is 330 g/mol. The van der Waals surface area contributed by atoms with Crippen LogP contribution in [-0.2, 0) is 14.3 Å². The minimum atomic E-state index is -0.849. The molecule has 4 nitrogen and oxygen atoms in total. The van der Waals surface area contributed by atoms with Gasteiger partial charge in [0.25, 0.3) is 0 Å². The molecule has 0 aliphatic carbocycles. The molecule has 0 fully saturated rings. The highest BCUT2D eigenvalue weighted by Crippen LogP contribution is 2.23. The normalized spacial score (nSPS) is 13.7. The maximum absolute atomic E-state index is 12.2. The molecule has 5 heteroatoms. The predicted octanol–water partition coefficient (Wildman–Crippen LogP) is 3.22. The van der Waals surface area contributed by atoms with Crippen molar-refractivity contribution >= 4 is 27.6 Å². The second-order valence-corrected chi connectivity index (χ2v) is 5.14. The van der Waals surface area contributed by atoms with Crippen LogP contribution < -0.4 is 5.32 Å². The van der Waals surface area contributed by atoms with Crippen LogP contribution in [0.3, 0.4) is 0 Å². The largest absolute Gasteiger partial charge is 0.464 e. The van der Waals surface area contributed by atoms with Crippen LogP contribution >= 0.6 is 15.9 Å². The van der Waals surface area contributed by atoms with E-state index in [2.05, 4.69) is 21.2 Å². The van der Waals surface area contributed by atoms with E-state index in [1.165, 1.54) is 0 Å². The molecule has 1 unspecified atom stereocenters. The van der Waals surface area contributed by atoms with Crippen LogP contribution in [0.5, 0.6) is 0 Å². The van der Waals surface area contributed by atoms with Crippen LogP contribution in [-0.4, -0.2) is 31.8 Å². The highest BCUT2D eigenvalue weighted by molar-refractivity contribution is 9.10. The third-order valence-corrected chi connectivity index (χ3v) is 3.42. The average Bonchev–Trinajstić information content (AvgIpc) is 2.41. The molecule has 0 aliphatic rings. The first-order chi connectivity index (χ1) is 9.07. The van der Waals surface area contributed by atoms with Crippen LogP contribution in [0.25, 0.3) is 0 Å². The number of methoxy groups -OCH3 is 1. The van der Waals surface area contributed by atoms with Crippen molar-refractivity contribution in [2.24, 2.45) is 0 Å². The number of ether oxygens (including phenoxy) is 2. The number of hydrogen-bond donors (Lipinski definition) is 1. The molecule has 1 aromatic carbocycles. The maximum atomic E-state index is 12.2. The van der Waals surface area contributed by atoms with E-state index >= 15 is 0 Å². The minimum absolute atomic E-state index is 0.262. The van der Waals surface area contributed by atoms with Crippen molar-refractivity contribution < 1.29 is 14.3 Å². The lowest BCUT2D eigenvalue weighted by molar-refractivity contribution is -0.150. The van der Waals surface area contributed by atoms with Crippen LogP contribution in [0.15, 0.2) is 28.7 Å². The number of hydrogen-bond acceptors (Lipinski definition) is 4. The third-order valence-electron chi connectivity index (χ3n) is 2.89. The summed E-state index contributed by atoms with van der Waals surface area (Å²) in [4.78, 5) is 12.2. The molecule has 0 saturated carbocycles. The second-order valence-electron chi connectivity index (χ2n) is 4.22. The Morgan fingerprint density at radius 2 is 1.95 bits per heavy atom. The number of carbonyl (C=O) groups is 1. The third kappa shape index (κ3) is 4.21. The lowest BCUT2D eigenvalue weighted by atomic mass is 9.96. The lowest BCUT2D eigenvalue weighted by Crippen LogP contribution is -2.50. The fraction of sp³-hybridized carbons (Fsp3) is 0.500. The Balaban J connectivity index is 2.95. The van der Waals surface area contributed by atoms with E-state index in [4.69, 9.17) is 9.47 Å². The van der Waals surface area contributed by atoms with Gasteiger partial charge in [0.2, 0.25) is 0 Å². The van der Waals surface area contributed by atoms with E-state index < -0.39 is 5.54 Å². The summed E-state index contributed by atoms with van der Waals surface area (Å²) >= 11 is 3.38. The van der Waals surface area contributed by atoms with E-state index in [1.807, 2.05) is 31.2 Å². The Kier molecular flexibility index (Phi) is 6.31. The molecule has 1 aromatic rings. The van der Waals surface area contributed by atoms with Crippen molar-refractivity contribution in [1.29, 1.82) is 0 Å². The van der Waals surface area contributed by atoms with E-state index in [0.717, 1.165) is 10.2 Å². The monoisotopic (exact) mass is 329 g/mol. The molecule has 0 aliphatic heterocycles. The molecule has 0 spiro atoms. The number of nitrogens with one attached hydrogen (secondary N) is 1. The van der Waals surface area contributed by atoms with Crippen molar-refractivity contribution in [3.8, 4) is 0 Å². The quantitative estimate of drug-likeness (QED) is 0.780. The number of halogens is 1. The smallest absolute Gasteiger partial charge is 0.334 e. The lowest BCUT2D eigenvalue weighted by Gasteiger charge is -2.31. The van der Waals surface area contributed by atoms with Gasteiger partial charge < -0.3 is 14.8 Å². The van der Waals surface area contributed by atoms with Crippen molar-refractivity contribution in [2.75, 3.05) is 25.6 Å². The van der Waals surface area contributed by atoms with Gasteiger partial charge in [-0.1, -0.05) is 22.9 Å². The highest BCUT2D eigenvalue weighted by atomic mass is 79.9. The molecule has 0 amide bonds. The molecule has 0 aromatic heterocycles. The Labute approximate surface area is 122 Å². The van der Waals surface area contributed by atoms with Crippen LogP contribution in [0.4, 0.5) is 5.69 Å². The summed E-state index contributed by atoms with van der Waals surface area (Å²) in [5.74, 6) is -0.290. The first kappa shape index (κ1) is 16.0. The van der Waals surface area contributed by atoms with Gasteiger partial charge in [-0.2, -0.15) is 0 Å². The molecular formula is C14H20BrNO3. The summed E-state index contributed by atoms with van der Waals surface area (Å²) in [6, 6.07) is 7.65. The topological polar surface area (TPSA) is 47.6 Å². The number of benzene rings is 1. The van der Waals surface area contributed by atoms with Gasteiger partial charge in [-0.05, 0) is 37.6 Å². The van der Waals surface area contributed by atoms with Gasteiger partial charge in [0, 0.05) is 17.3 Å². The molecule has 1 atom stereocenters. The zero-order valence-electron chi connectivity index (χ0n) is 11.5. The van der Waals surface area contributed by atoms with Crippen LogP contribution in [0.1, 0.15) is 20.3 Å². The van der Waals surface area contributed by atoms with E-state index in [9.17, 15) is 4.79 Å². The Morgan fingerprint density at radius 3 is 2.42 bits per heavy atom. The summed E-state index contributed by atoms with van der Waals surface area (Å²) in [5.41, 5.74) is 0.00800. The Morgan fingerprint density at radius 1 is 1.32 bits per heavy atom. The van der Waals surface area contributed by atoms with E-state index in [1.54, 1.807) is 14.0 Å². The van der Waals surface area contributed by atoms with Crippen molar-refractivity contribution in [1.82, 2.24) is 0 Å². The van der Waals surface area contributed by atoms with Gasteiger partial charge >= 0.3 is 5.97 Å². The molecule has 0 radical (unpaired) electrons. The predicted molar refractivity (Wildman–Crippen MR) is 79.3 cm³/mol. The molecule has 19 heavy (non-hydrogen) atoms. The molecular weight excluding hydrogens is 310 g/mol. The number of rotatable bonds is 7. The number of anilines is 1. The molecule has 0 saturated heterocycles. The summed E-state index contributed by atoms with van der Waals surface area (Å²) in [6.07, 6.45) is 0.579. The van der Waals surface area contributed by atoms with Crippen LogP contribution in [0.2, 0.25) is 0 Å². The summed E-state index contributed by atoms with van der Waals surface area (Å²) in [7, 11) is 1.58. The first-order valence-corrected chi connectivity index (χ1v) is 7.07.